The van der Waals surface area contributed by atoms with Crippen LogP contribution in [0.15, 0.2) is 34.9 Å². The SMILES string of the molecule is Cc1ncc(C(=O)Nc2ccc(C(F)(F)F)cc2)o1. The molecule has 0 saturated heterocycles. The summed E-state index contributed by atoms with van der Waals surface area (Å²) < 4.78 is 42.0. The number of amides is 1. The number of benzene rings is 1. The molecule has 0 saturated carbocycles. The number of nitrogens with one attached hydrogen (secondary N) is 1. The lowest BCUT2D eigenvalue weighted by molar-refractivity contribution is -0.137. The summed E-state index contributed by atoms with van der Waals surface area (Å²) in [6, 6.07) is 4.12. The van der Waals surface area contributed by atoms with Gasteiger partial charge in [-0.1, -0.05) is 0 Å². The predicted molar refractivity (Wildman–Crippen MR) is 60.6 cm³/mol. The van der Waals surface area contributed by atoms with E-state index < -0.39 is 17.6 Å². The van der Waals surface area contributed by atoms with Crippen molar-refractivity contribution in [2.75, 3.05) is 5.32 Å². The number of nitrogens with zero attached hydrogens (tertiary/aromatic N) is 1. The molecule has 19 heavy (non-hydrogen) atoms. The van der Waals surface area contributed by atoms with Crippen LogP contribution in [-0.4, -0.2) is 10.9 Å². The molecule has 1 aromatic heterocycles. The normalized spacial score (nSPS) is 11.4. The molecular weight excluding hydrogens is 261 g/mol. The molecular formula is C12H9F3N2O2. The highest BCUT2D eigenvalue weighted by atomic mass is 19.4. The fourth-order valence-corrected chi connectivity index (χ4v) is 1.40. The van der Waals surface area contributed by atoms with E-state index >= 15 is 0 Å². The van der Waals surface area contributed by atoms with Crippen LogP contribution in [0, 0.1) is 6.92 Å². The monoisotopic (exact) mass is 270 g/mol. The minimum atomic E-state index is -4.40. The minimum Gasteiger partial charge on any atom is -0.436 e. The maximum Gasteiger partial charge on any atom is 0.416 e. The lowest BCUT2D eigenvalue weighted by Crippen LogP contribution is -2.11. The lowest BCUT2D eigenvalue weighted by atomic mass is 10.2. The molecule has 0 aliphatic rings. The number of aromatic nitrogens is 1. The van der Waals surface area contributed by atoms with E-state index in [9.17, 15) is 18.0 Å². The molecule has 2 aromatic rings. The molecule has 2 rings (SSSR count). The van der Waals surface area contributed by atoms with E-state index in [1.807, 2.05) is 0 Å². The lowest BCUT2D eigenvalue weighted by Gasteiger charge is -2.07. The molecule has 0 aliphatic heterocycles. The first kappa shape index (κ1) is 13.1. The van der Waals surface area contributed by atoms with Crippen LogP contribution in [-0.2, 0) is 6.18 Å². The molecule has 0 spiro atoms. The number of carbonyl (C=O) groups excluding carboxylic acids is 1. The fraction of sp³-hybridized carbons (Fsp3) is 0.167. The highest BCUT2D eigenvalue weighted by Crippen LogP contribution is 2.29. The number of alkyl halides is 3. The van der Waals surface area contributed by atoms with Gasteiger partial charge in [0.1, 0.15) is 0 Å². The van der Waals surface area contributed by atoms with Gasteiger partial charge in [-0.15, -0.1) is 0 Å². The number of hydrogen-bond acceptors (Lipinski definition) is 3. The van der Waals surface area contributed by atoms with Crippen LogP contribution < -0.4 is 5.32 Å². The Balaban J connectivity index is 2.10. The van der Waals surface area contributed by atoms with Crippen LogP contribution in [0.4, 0.5) is 18.9 Å². The number of aryl methyl sites for hydroxylation is 1. The second kappa shape index (κ2) is 4.75. The smallest absolute Gasteiger partial charge is 0.416 e. The Hall–Kier alpha value is -2.31. The summed E-state index contributed by atoms with van der Waals surface area (Å²) in [6.45, 7) is 1.58. The highest BCUT2D eigenvalue weighted by molar-refractivity contribution is 6.02. The first-order valence-corrected chi connectivity index (χ1v) is 5.27. The van der Waals surface area contributed by atoms with Crippen LogP contribution >= 0.6 is 0 Å². The van der Waals surface area contributed by atoms with Crippen molar-refractivity contribution in [3.63, 3.8) is 0 Å². The van der Waals surface area contributed by atoms with E-state index in [2.05, 4.69) is 10.3 Å². The topological polar surface area (TPSA) is 55.1 Å². The Kier molecular flexibility index (Phi) is 3.28. The molecule has 1 aromatic carbocycles. The van der Waals surface area contributed by atoms with Crippen LogP contribution in [0.2, 0.25) is 0 Å². The summed E-state index contributed by atoms with van der Waals surface area (Å²) >= 11 is 0. The second-order valence-corrected chi connectivity index (χ2v) is 3.77. The van der Waals surface area contributed by atoms with E-state index in [0.29, 0.717) is 5.89 Å². The third-order valence-corrected chi connectivity index (χ3v) is 2.32. The molecule has 0 bridgehead atoms. The van der Waals surface area contributed by atoms with Crippen molar-refractivity contribution >= 4 is 11.6 Å². The zero-order chi connectivity index (χ0) is 14.0. The summed E-state index contributed by atoms with van der Waals surface area (Å²) in [4.78, 5) is 15.4. The minimum absolute atomic E-state index is 0.00241. The summed E-state index contributed by atoms with van der Waals surface area (Å²) in [6.07, 6.45) is -3.15. The molecule has 1 heterocycles. The van der Waals surface area contributed by atoms with Crippen LogP contribution in [0.25, 0.3) is 0 Å². The van der Waals surface area contributed by atoms with Crippen molar-refractivity contribution in [3.8, 4) is 0 Å². The van der Waals surface area contributed by atoms with Crippen molar-refractivity contribution in [1.82, 2.24) is 4.98 Å². The third kappa shape index (κ3) is 3.12. The van der Waals surface area contributed by atoms with E-state index in [4.69, 9.17) is 4.42 Å². The molecule has 100 valence electrons. The molecule has 1 amide bonds. The number of rotatable bonds is 2. The zero-order valence-electron chi connectivity index (χ0n) is 9.78. The zero-order valence-corrected chi connectivity index (χ0v) is 9.78. The average molecular weight is 270 g/mol. The van der Waals surface area contributed by atoms with E-state index in [0.717, 1.165) is 12.1 Å². The average Bonchev–Trinajstić information content (AvgIpc) is 2.75. The van der Waals surface area contributed by atoms with Gasteiger partial charge in [0.25, 0.3) is 5.91 Å². The van der Waals surface area contributed by atoms with Crippen LogP contribution in [0.3, 0.4) is 0 Å². The first-order valence-electron chi connectivity index (χ1n) is 5.27. The van der Waals surface area contributed by atoms with Crippen molar-refractivity contribution in [1.29, 1.82) is 0 Å². The molecule has 0 aliphatic carbocycles. The standard InChI is InChI=1S/C12H9F3N2O2/c1-7-16-6-10(19-7)11(18)17-9-4-2-8(3-5-9)12(13,14)15/h2-6H,1H3,(H,17,18). The van der Waals surface area contributed by atoms with E-state index in [1.165, 1.54) is 18.3 Å². The molecule has 7 heteroatoms. The van der Waals surface area contributed by atoms with Crippen LogP contribution in [0.5, 0.6) is 0 Å². The van der Waals surface area contributed by atoms with Gasteiger partial charge in [-0.3, -0.25) is 4.79 Å². The van der Waals surface area contributed by atoms with Crippen LogP contribution in [0.1, 0.15) is 22.0 Å². The van der Waals surface area contributed by atoms with Crippen molar-refractivity contribution in [3.05, 3.63) is 47.7 Å². The second-order valence-electron chi connectivity index (χ2n) is 3.77. The molecule has 0 fully saturated rings. The number of halogens is 3. The number of carbonyl (C=O) groups is 1. The predicted octanol–water partition coefficient (Wildman–Crippen LogP) is 3.25. The van der Waals surface area contributed by atoms with Gasteiger partial charge in [-0.2, -0.15) is 13.2 Å². The molecule has 0 radical (unpaired) electrons. The third-order valence-electron chi connectivity index (χ3n) is 2.32. The number of oxazole rings is 1. The van der Waals surface area contributed by atoms with Gasteiger partial charge in [0.05, 0.1) is 11.8 Å². The quantitative estimate of drug-likeness (QED) is 0.911. The summed E-state index contributed by atoms with van der Waals surface area (Å²) in [5.74, 6) is -0.240. The number of hydrogen-bond donors (Lipinski definition) is 1. The van der Waals surface area contributed by atoms with Gasteiger partial charge in [-0.25, -0.2) is 4.98 Å². The van der Waals surface area contributed by atoms with Gasteiger partial charge in [0.2, 0.25) is 5.76 Å². The Morgan fingerprint density at radius 3 is 2.37 bits per heavy atom. The van der Waals surface area contributed by atoms with E-state index in [-0.39, 0.29) is 11.4 Å². The Morgan fingerprint density at radius 1 is 1.26 bits per heavy atom. The van der Waals surface area contributed by atoms with Gasteiger partial charge >= 0.3 is 6.18 Å². The summed E-state index contributed by atoms with van der Waals surface area (Å²) in [5, 5.41) is 2.41. The maximum absolute atomic E-state index is 12.3. The molecule has 0 unspecified atom stereocenters. The largest absolute Gasteiger partial charge is 0.436 e. The van der Waals surface area contributed by atoms with Gasteiger partial charge < -0.3 is 9.73 Å². The van der Waals surface area contributed by atoms with Crippen molar-refractivity contribution < 1.29 is 22.4 Å². The van der Waals surface area contributed by atoms with Gasteiger partial charge in [0, 0.05) is 12.6 Å². The first-order chi connectivity index (χ1) is 8.86. The number of anilines is 1. The molecule has 1 N–H and O–H groups in total. The molecule has 4 nitrogen and oxygen atoms in total. The maximum atomic E-state index is 12.3. The van der Waals surface area contributed by atoms with Crippen molar-refractivity contribution in [2.24, 2.45) is 0 Å². The summed E-state index contributed by atoms with van der Waals surface area (Å²) in [5.41, 5.74) is -0.534. The Bertz CT molecular complexity index is 588. The Morgan fingerprint density at radius 2 is 1.89 bits per heavy atom. The highest BCUT2D eigenvalue weighted by Gasteiger charge is 2.30. The van der Waals surface area contributed by atoms with Crippen molar-refractivity contribution in [2.45, 2.75) is 13.1 Å². The summed E-state index contributed by atoms with van der Waals surface area (Å²) in [7, 11) is 0. The van der Waals surface area contributed by atoms with Gasteiger partial charge in [-0.05, 0) is 24.3 Å². The van der Waals surface area contributed by atoms with E-state index in [1.54, 1.807) is 6.92 Å². The molecule has 0 atom stereocenters. The fourth-order valence-electron chi connectivity index (χ4n) is 1.40. The van der Waals surface area contributed by atoms with Gasteiger partial charge in [0.15, 0.2) is 5.89 Å². The Labute approximate surface area is 106 Å².